The predicted molar refractivity (Wildman–Crippen MR) is 189 cm³/mol. The summed E-state index contributed by atoms with van der Waals surface area (Å²) in [5.74, 6) is -1.02. The van der Waals surface area contributed by atoms with E-state index >= 15 is 0 Å². The highest BCUT2D eigenvalue weighted by Crippen LogP contribution is 2.36. The predicted octanol–water partition coefficient (Wildman–Crippen LogP) is 6.23. The van der Waals surface area contributed by atoms with Gasteiger partial charge in [0.05, 0.1) is 22.6 Å². The maximum Gasteiger partial charge on any atom is 0.273 e. The summed E-state index contributed by atoms with van der Waals surface area (Å²) in [7, 11) is -3.33. The first-order valence-corrected chi connectivity index (χ1v) is 17.3. The number of hydrogen-bond donors (Lipinski definition) is 1. The van der Waals surface area contributed by atoms with Crippen molar-refractivity contribution in [3.63, 3.8) is 0 Å². The van der Waals surface area contributed by atoms with Gasteiger partial charge in [0.25, 0.3) is 15.7 Å². The van der Waals surface area contributed by atoms with Gasteiger partial charge >= 0.3 is 0 Å². The zero-order valence-corrected chi connectivity index (χ0v) is 29.5. The molecule has 4 rings (SSSR count). The summed E-state index contributed by atoms with van der Waals surface area (Å²) in [6, 6.07) is 23.2. The lowest BCUT2D eigenvalue weighted by molar-refractivity contribution is -0.385. The van der Waals surface area contributed by atoms with E-state index in [1.54, 1.807) is 0 Å². The fourth-order valence-electron chi connectivity index (χ4n) is 5.35. The summed E-state index contributed by atoms with van der Waals surface area (Å²) >= 11 is 6.34. The highest BCUT2D eigenvalue weighted by molar-refractivity contribution is 7.92. The average molecular weight is 707 g/mol. The van der Waals surface area contributed by atoms with Gasteiger partial charge in [0.1, 0.15) is 18.3 Å². The van der Waals surface area contributed by atoms with Crippen LogP contribution in [0.4, 0.5) is 11.4 Å². The Balaban J connectivity index is 1.90. The number of nitrogens with zero attached hydrogens (tertiary/aromatic N) is 3. The van der Waals surface area contributed by atoms with Gasteiger partial charge in [0.2, 0.25) is 11.8 Å². The van der Waals surface area contributed by atoms with Gasteiger partial charge in [-0.05, 0) is 68.7 Å². The molecular weight excluding hydrogens is 668 g/mol. The molecule has 0 aliphatic carbocycles. The van der Waals surface area contributed by atoms with Gasteiger partial charge in [0.15, 0.2) is 0 Å². The number of nitro groups is 1. The molecule has 1 atom stereocenters. The molecule has 0 aromatic heterocycles. The molecule has 0 spiro atoms. The van der Waals surface area contributed by atoms with Crippen LogP contribution in [0, 0.1) is 24.0 Å². The van der Waals surface area contributed by atoms with E-state index in [4.69, 9.17) is 16.3 Å². The number of hydrogen-bond acceptors (Lipinski definition) is 7. The van der Waals surface area contributed by atoms with Crippen molar-refractivity contribution in [2.75, 3.05) is 18.0 Å². The summed E-state index contributed by atoms with van der Waals surface area (Å²) in [6.45, 7) is 6.21. The maximum atomic E-state index is 14.7. The molecule has 11 nitrogen and oxygen atoms in total. The SMILES string of the molecule is COc1ccc(Cl)cc1N(CC(=O)N(Cc1ccccc1C)[C@H](Cc1ccccc1)C(=O)NC(C)C)S(=O)(=O)c1ccc(C)c([N+](=O)[O-])c1. The van der Waals surface area contributed by atoms with Crippen LogP contribution in [0.25, 0.3) is 0 Å². The largest absolute Gasteiger partial charge is 0.495 e. The van der Waals surface area contributed by atoms with Crippen LogP contribution in [0.15, 0.2) is 95.9 Å². The lowest BCUT2D eigenvalue weighted by Crippen LogP contribution is -2.54. The number of ether oxygens (including phenoxy) is 1. The van der Waals surface area contributed by atoms with Crippen molar-refractivity contribution in [2.45, 2.75) is 57.6 Å². The Kier molecular flexibility index (Phi) is 12.0. The topological polar surface area (TPSA) is 139 Å². The minimum atomic E-state index is -4.67. The Hall–Kier alpha value is -4.94. The van der Waals surface area contributed by atoms with E-state index in [1.165, 1.54) is 49.3 Å². The second kappa shape index (κ2) is 16.0. The molecule has 0 aliphatic heterocycles. The molecule has 0 bridgehead atoms. The molecule has 49 heavy (non-hydrogen) atoms. The Bertz CT molecular complexity index is 1940. The summed E-state index contributed by atoms with van der Waals surface area (Å²) < 4.78 is 35.2. The summed E-state index contributed by atoms with van der Waals surface area (Å²) in [4.78, 5) is 40.7. The van der Waals surface area contributed by atoms with Crippen LogP contribution >= 0.6 is 11.6 Å². The third-order valence-corrected chi connectivity index (χ3v) is 9.95. The number of sulfonamides is 1. The molecule has 13 heteroatoms. The van der Waals surface area contributed by atoms with Gasteiger partial charge in [-0.1, -0.05) is 72.3 Å². The summed E-state index contributed by atoms with van der Waals surface area (Å²) in [5.41, 5.74) is 2.22. The van der Waals surface area contributed by atoms with E-state index < -0.39 is 49.9 Å². The zero-order valence-electron chi connectivity index (χ0n) is 27.9. The molecule has 2 amide bonds. The van der Waals surface area contributed by atoms with Gasteiger partial charge in [-0.3, -0.25) is 24.0 Å². The number of anilines is 1. The number of methoxy groups -OCH3 is 1. The molecule has 1 N–H and O–H groups in total. The molecule has 0 radical (unpaired) electrons. The van der Waals surface area contributed by atoms with Gasteiger partial charge in [-0.15, -0.1) is 0 Å². The van der Waals surface area contributed by atoms with Crippen LogP contribution in [0.5, 0.6) is 5.75 Å². The number of carbonyl (C=O) groups is 2. The third-order valence-electron chi connectivity index (χ3n) is 7.96. The second-order valence-corrected chi connectivity index (χ2v) is 14.1. The highest BCUT2D eigenvalue weighted by atomic mass is 35.5. The van der Waals surface area contributed by atoms with E-state index in [1.807, 2.05) is 75.4 Å². The lowest BCUT2D eigenvalue weighted by atomic mass is 10.0. The Morgan fingerprint density at radius 3 is 2.24 bits per heavy atom. The first-order valence-electron chi connectivity index (χ1n) is 15.5. The molecule has 0 saturated carbocycles. The van der Waals surface area contributed by atoms with Crippen LogP contribution in [-0.4, -0.2) is 55.8 Å². The third kappa shape index (κ3) is 8.95. The van der Waals surface area contributed by atoms with Crippen molar-refractivity contribution in [3.05, 3.63) is 128 Å². The van der Waals surface area contributed by atoms with Crippen molar-refractivity contribution in [3.8, 4) is 5.75 Å². The average Bonchev–Trinajstić information content (AvgIpc) is 3.05. The number of nitrogens with one attached hydrogen (secondary N) is 1. The molecule has 0 fully saturated rings. The standard InChI is InChI=1S/C36H39ClN4O7S/c1-24(2)38-36(43)33(19-27-12-7-6-8-13-27)39(22-28-14-10-9-11-25(28)3)35(42)23-40(32-20-29(37)16-18-34(32)48-5)49(46,47)30-17-15-26(4)31(21-30)41(44)45/h6-18,20-21,24,33H,19,22-23H2,1-5H3,(H,38,43)/t33-/m1/s1. The van der Waals surface area contributed by atoms with Gasteiger partial charge in [-0.2, -0.15) is 0 Å². The molecule has 0 unspecified atom stereocenters. The Labute approximate surface area is 291 Å². The Morgan fingerprint density at radius 2 is 1.61 bits per heavy atom. The molecule has 4 aromatic rings. The van der Waals surface area contributed by atoms with Crippen molar-refractivity contribution in [1.29, 1.82) is 0 Å². The van der Waals surface area contributed by atoms with Gasteiger partial charge in [-0.25, -0.2) is 8.42 Å². The van der Waals surface area contributed by atoms with Crippen molar-refractivity contribution < 1.29 is 27.7 Å². The van der Waals surface area contributed by atoms with E-state index in [2.05, 4.69) is 5.32 Å². The van der Waals surface area contributed by atoms with Gasteiger partial charge < -0.3 is 15.0 Å². The van der Waals surface area contributed by atoms with E-state index in [0.717, 1.165) is 27.1 Å². The molecule has 4 aromatic carbocycles. The number of halogens is 1. The van der Waals surface area contributed by atoms with Crippen molar-refractivity contribution in [2.24, 2.45) is 0 Å². The van der Waals surface area contributed by atoms with Gasteiger partial charge in [0, 0.05) is 35.7 Å². The van der Waals surface area contributed by atoms with Crippen molar-refractivity contribution in [1.82, 2.24) is 10.2 Å². The van der Waals surface area contributed by atoms with Crippen molar-refractivity contribution >= 4 is 44.8 Å². The number of aryl methyl sites for hydroxylation is 2. The molecule has 0 aliphatic rings. The van der Waals surface area contributed by atoms with Crippen LogP contribution in [0.2, 0.25) is 5.02 Å². The number of benzene rings is 4. The Morgan fingerprint density at radius 1 is 0.939 bits per heavy atom. The van der Waals surface area contributed by atoms with E-state index in [0.29, 0.717) is 0 Å². The summed E-state index contributed by atoms with van der Waals surface area (Å²) in [5, 5.41) is 14.9. The normalized spacial score (nSPS) is 11.9. The molecular formula is C36H39ClN4O7S. The zero-order chi connectivity index (χ0) is 35.9. The van der Waals surface area contributed by atoms with E-state index in [9.17, 15) is 28.1 Å². The first-order chi connectivity index (χ1) is 23.2. The quantitative estimate of drug-likeness (QED) is 0.121. The van der Waals surface area contributed by atoms with Crippen LogP contribution < -0.4 is 14.4 Å². The number of rotatable bonds is 14. The van der Waals surface area contributed by atoms with Crippen LogP contribution in [0.1, 0.15) is 36.1 Å². The lowest BCUT2D eigenvalue weighted by Gasteiger charge is -2.34. The fourth-order valence-corrected chi connectivity index (χ4v) is 6.95. The second-order valence-electron chi connectivity index (χ2n) is 11.9. The monoisotopic (exact) mass is 706 g/mol. The maximum absolute atomic E-state index is 14.7. The fraction of sp³-hybridized carbons (Fsp3) is 0.278. The smallest absolute Gasteiger partial charge is 0.273 e. The molecule has 0 heterocycles. The molecule has 0 saturated heterocycles. The number of nitro benzene ring substituents is 1. The highest BCUT2D eigenvalue weighted by Gasteiger charge is 2.36. The van der Waals surface area contributed by atoms with Crippen LogP contribution in [-0.2, 0) is 32.6 Å². The first kappa shape index (κ1) is 36.9. The summed E-state index contributed by atoms with van der Waals surface area (Å²) in [6.07, 6.45) is 0.147. The number of carbonyl (C=O) groups excluding carboxylic acids is 2. The number of amides is 2. The molecule has 258 valence electrons. The van der Waals surface area contributed by atoms with Crippen LogP contribution in [0.3, 0.4) is 0 Å². The minimum absolute atomic E-state index is 0.00884. The van der Waals surface area contributed by atoms with E-state index in [-0.39, 0.29) is 41.0 Å². The minimum Gasteiger partial charge on any atom is -0.495 e.